The molecule has 0 aromatic carbocycles. The smallest absolute Gasteiger partial charge is 0.203 e. The van der Waals surface area contributed by atoms with Crippen molar-refractivity contribution in [3.05, 3.63) is 29.6 Å². The van der Waals surface area contributed by atoms with Gasteiger partial charge < -0.3 is 5.32 Å². The van der Waals surface area contributed by atoms with Gasteiger partial charge in [0.1, 0.15) is 0 Å². The maximum atomic E-state index is 11.5. The zero-order valence-electron chi connectivity index (χ0n) is 6.98. The molecule has 4 nitrogen and oxygen atoms in total. The normalized spacial score (nSPS) is 18.4. The van der Waals surface area contributed by atoms with E-state index in [1.54, 1.807) is 6.92 Å². The van der Waals surface area contributed by atoms with Gasteiger partial charge >= 0.3 is 0 Å². The lowest BCUT2D eigenvalue weighted by Crippen LogP contribution is -2.11. The molecule has 1 aliphatic heterocycles. The van der Waals surface area contributed by atoms with Crippen LogP contribution in [0.25, 0.3) is 0 Å². The number of rotatable bonds is 0. The van der Waals surface area contributed by atoms with E-state index in [4.69, 9.17) is 0 Å². The lowest BCUT2D eigenvalue weighted by molar-refractivity contribution is 0.604. The van der Waals surface area contributed by atoms with Crippen molar-refractivity contribution < 1.29 is 8.42 Å². The Morgan fingerprint density at radius 2 is 2.23 bits per heavy atom. The first kappa shape index (κ1) is 8.25. The molecule has 1 aliphatic rings. The Kier molecular flexibility index (Phi) is 1.63. The molecule has 5 heteroatoms. The van der Waals surface area contributed by atoms with Crippen LogP contribution in [0, 0.1) is 0 Å². The van der Waals surface area contributed by atoms with Crippen molar-refractivity contribution in [2.24, 2.45) is 0 Å². The lowest BCUT2D eigenvalue weighted by atomic mass is 10.4. The minimum Gasteiger partial charge on any atom is -0.356 e. The zero-order valence-corrected chi connectivity index (χ0v) is 7.80. The summed E-state index contributed by atoms with van der Waals surface area (Å²) in [4.78, 5) is 4.13. The summed E-state index contributed by atoms with van der Waals surface area (Å²) in [6, 6.07) is 1.49. The van der Waals surface area contributed by atoms with Crippen LogP contribution in [0.15, 0.2) is 34.5 Å². The number of pyridine rings is 1. The van der Waals surface area contributed by atoms with Crippen molar-refractivity contribution in [1.29, 1.82) is 0 Å². The minimum atomic E-state index is -3.26. The molecule has 2 rings (SSSR count). The zero-order chi connectivity index (χ0) is 9.47. The van der Waals surface area contributed by atoms with E-state index in [1.165, 1.54) is 23.9 Å². The summed E-state index contributed by atoms with van der Waals surface area (Å²) in [6.45, 7) is 1.70. The van der Waals surface area contributed by atoms with Crippen molar-refractivity contribution in [3.8, 4) is 0 Å². The highest BCUT2D eigenvalue weighted by Gasteiger charge is 2.20. The van der Waals surface area contributed by atoms with Crippen LogP contribution >= 0.6 is 0 Å². The molecule has 0 saturated carbocycles. The van der Waals surface area contributed by atoms with Gasteiger partial charge in [0.05, 0.1) is 22.2 Å². The fraction of sp³-hybridized carbons (Fsp3) is 0.125. The molecule has 0 saturated heterocycles. The quantitative estimate of drug-likeness (QED) is 0.676. The van der Waals surface area contributed by atoms with Crippen LogP contribution in [0.5, 0.6) is 0 Å². The largest absolute Gasteiger partial charge is 0.356 e. The van der Waals surface area contributed by atoms with Gasteiger partial charge in [-0.3, -0.25) is 4.98 Å². The van der Waals surface area contributed by atoms with E-state index >= 15 is 0 Å². The van der Waals surface area contributed by atoms with Crippen LogP contribution in [0.4, 0.5) is 5.69 Å². The third kappa shape index (κ3) is 1.31. The number of allylic oxidation sites excluding steroid dienone is 1. The molecular formula is C8H8N2O2S. The Morgan fingerprint density at radius 3 is 3.00 bits per heavy atom. The van der Waals surface area contributed by atoms with Crippen LogP contribution in [0.3, 0.4) is 0 Å². The third-order valence-corrected chi connectivity index (χ3v) is 3.38. The summed E-state index contributed by atoms with van der Waals surface area (Å²) in [5.74, 6) is 0. The van der Waals surface area contributed by atoms with E-state index in [1.807, 2.05) is 0 Å². The van der Waals surface area contributed by atoms with E-state index in [9.17, 15) is 8.42 Å². The van der Waals surface area contributed by atoms with Gasteiger partial charge in [-0.25, -0.2) is 8.42 Å². The first-order valence-electron chi connectivity index (χ1n) is 3.74. The number of hydrogen-bond acceptors (Lipinski definition) is 4. The Bertz CT molecular complexity index is 477. The van der Waals surface area contributed by atoms with Crippen LogP contribution < -0.4 is 5.32 Å². The molecule has 2 heterocycles. The molecule has 1 N–H and O–H groups in total. The third-order valence-electron chi connectivity index (χ3n) is 1.75. The van der Waals surface area contributed by atoms with Crippen LogP contribution in [0.1, 0.15) is 6.92 Å². The van der Waals surface area contributed by atoms with Crippen LogP contribution in [-0.2, 0) is 9.84 Å². The van der Waals surface area contributed by atoms with Crippen LogP contribution in [0.2, 0.25) is 0 Å². The number of nitrogens with zero attached hydrogens (tertiary/aromatic N) is 1. The fourth-order valence-corrected chi connectivity index (χ4v) is 2.57. The highest BCUT2D eigenvalue weighted by atomic mass is 32.2. The molecule has 0 bridgehead atoms. The number of sulfone groups is 1. The first-order valence-corrected chi connectivity index (χ1v) is 5.29. The highest BCUT2D eigenvalue weighted by Crippen LogP contribution is 2.27. The van der Waals surface area contributed by atoms with E-state index in [2.05, 4.69) is 10.3 Å². The number of aromatic nitrogens is 1. The maximum Gasteiger partial charge on any atom is 0.203 e. The van der Waals surface area contributed by atoms with Gasteiger partial charge in [-0.1, -0.05) is 0 Å². The van der Waals surface area contributed by atoms with Crippen molar-refractivity contribution in [3.63, 3.8) is 0 Å². The molecule has 1 aromatic heterocycles. The molecule has 0 spiro atoms. The second-order valence-electron chi connectivity index (χ2n) is 2.84. The van der Waals surface area contributed by atoms with E-state index < -0.39 is 9.84 Å². The summed E-state index contributed by atoms with van der Waals surface area (Å²) in [5.41, 5.74) is 1.16. The number of fused-ring (bicyclic) bond motifs is 1. The summed E-state index contributed by atoms with van der Waals surface area (Å²) < 4.78 is 23.1. The average molecular weight is 196 g/mol. The van der Waals surface area contributed by atoms with E-state index in [0.29, 0.717) is 11.4 Å². The summed E-state index contributed by atoms with van der Waals surface area (Å²) in [7, 11) is -3.26. The van der Waals surface area contributed by atoms with Crippen molar-refractivity contribution in [2.75, 3.05) is 5.32 Å². The molecular weight excluding hydrogens is 188 g/mol. The van der Waals surface area contributed by atoms with Crippen molar-refractivity contribution in [2.45, 2.75) is 11.8 Å². The average Bonchev–Trinajstić information content (AvgIpc) is 2.02. The van der Waals surface area contributed by atoms with Crippen molar-refractivity contribution >= 4 is 15.5 Å². The molecule has 0 radical (unpaired) electrons. The first-order chi connectivity index (χ1) is 6.09. The van der Waals surface area contributed by atoms with Gasteiger partial charge in [0.15, 0.2) is 0 Å². The topological polar surface area (TPSA) is 59.1 Å². The van der Waals surface area contributed by atoms with Gasteiger partial charge in [-0.05, 0) is 13.0 Å². The Hall–Kier alpha value is -1.36. The minimum absolute atomic E-state index is 0.285. The van der Waals surface area contributed by atoms with Gasteiger partial charge in [-0.2, -0.15) is 0 Å². The number of nitrogens with one attached hydrogen (secondary N) is 1. The Balaban J connectivity index is 2.73. The van der Waals surface area contributed by atoms with Crippen LogP contribution in [-0.4, -0.2) is 13.4 Å². The number of hydrogen-bond donors (Lipinski definition) is 1. The molecule has 0 atom stereocenters. The van der Waals surface area contributed by atoms with Crippen molar-refractivity contribution in [1.82, 2.24) is 4.98 Å². The standard InChI is InChI=1S/C8H8N2O2S/c1-6-5-13(11,12)8-2-3-9-4-7(8)10-6/h2-5,10H,1H3. The maximum absolute atomic E-state index is 11.5. The van der Waals surface area contributed by atoms with E-state index in [0.717, 1.165) is 0 Å². The molecule has 0 fully saturated rings. The molecule has 68 valence electrons. The molecule has 0 unspecified atom stereocenters. The van der Waals surface area contributed by atoms with E-state index in [-0.39, 0.29) is 4.90 Å². The van der Waals surface area contributed by atoms with Gasteiger partial charge in [-0.15, -0.1) is 0 Å². The van der Waals surface area contributed by atoms with Gasteiger partial charge in [0.25, 0.3) is 0 Å². The SMILES string of the molecule is CC1=CS(=O)(=O)c2ccncc2N1. The fourth-order valence-electron chi connectivity index (χ4n) is 1.26. The second kappa shape index (κ2) is 2.56. The molecule has 0 amide bonds. The Labute approximate surface area is 76.2 Å². The molecule has 0 aliphatic carbocycles. The van der Waals surface area contributed by atoms with Gasteiger partial charge in [0.2, 0.25) is 9.84 Å². The second-order valence-corrected chi connectivity index (χ2v) is 4.61. The summed E-state index contributed by atoms with van der Waals surface area (Å²) in [6.07, 6.45) is 2.97. The predicted octanol–water partition coefficient (Wildman–Crippen LogP) is 1.14. The monoisotopic (exact) mass is 196 g/mol. The highest BCUT2D eigenvalue weighted by molar-refractivity contribution is 7.94. The Morgan fingerprint density at radius 1 is 1.46 bits per heavy atom. The summed E-state index contributed by atoms with van der Waals surface area (Å²) >= 11 is 0. The summed E-state index contributed by atoms with van der Waals surface area (Å²) in [5, 5.41) is 4.15. The lowest BCUT2D eigenvalue weighted by Gasteiger charge is -2.15. The van der Waals surface area contributed by atoms with Gasteiger partial charge in [0, 0.05) is 11.9 Å². The molecule has 1 aromatic rings. The predicted molar refractivity (Wildman–Crippen MR) is 48.8 cm³/mol. The number of anilines is 1. The molecule has 13 heavy (non-hydrogen) atoms.